The highest BCUT2D eigenvalue weighted by Crippen LogP contribution is 2.24. The maximum atomic E-state index is 4.82. The molecule has 0 saturated heterocycles. The molecule has 3 aromatic rings. The lowest BCUT2D eigenvalue weighted by Gasteiger charge is -2.18. The van der Waals surface area contributed by atoms with Crippen LogP contribution in [0.4, 0.5) is 0 Å². The topological polar surface area (TPSA) is 12.4 Å². The maximum absolute atomic E-state index is 4.82. The molecule has 1 heteroatoms. The van der Waals surface area contributed by atoms with E-state index in [1.807, 2.05) is 0 Å². The third-order valence-corrected chi connectivity index (χ3v) is 5.37. The van der Waals surface area contributed by atoms with Crippen LogP contribution in [0.15, 0.2) is 65.7 Å². The van der Waals surface area contributed by atoms with Crippen molar-refractivity contribution in [2.75, 3.05) is 6.54 Å². The van der Waals surface area contributed by atoms with Crippen LogP contribution in [0.3, 0.4) is 0 Å². The minimum atomic E-state index is 0.992. The highest BCUT2D eigenvalue weighted by atomic mass is 14.7. The van der Waals surface area contributed by atoms with Gasteiger partial charge in [0, 0.05) is 12.3 Å². The number of fused-ring (bicyclic) bond motifs is 1. The van der Waals surface area contributed by atoms with Crippen LogP contribution in [0.25, 0.3) is 10.8 Å². The van der Waals surface area contributed by atoms with Crippen molar-refractivity contribution in [2.24, 2.45) is 4.99 Å². The van der Waals surface area contributed by atoms with Crippen molar-refractivity contribution in [3.63, 3.8) is 0 Å². The maximum Gasteiger partial charge on any atom is 0.0423 e. The Morgan fingerprint density at radius 2 is 1.68 bits per heavy atom. The van der Waals surface area contributed by atoms with Crippen molar-refractivity contribution in [1.29, 1.82) is 0 Å². The first-order valence-corrected chi connectivity index (χ1v) is 9.42. The molecule has 0 bridgehead atoms. The molecule has 1 nitrogen and oxygen atoms in total. The first-order valence-electron chi connectivity index (χ1n) is 9.42. The molecule has 0 aromatic heterocycles. The predicted octanol–water partition coefficient (Wildman–Crippen LogP) is 5.91. The number of rotatable bonds is 4. The largest absolute Gasteiger partial charge is 0.289 e. The molecule has 1 heterocycles. The van der Waals surface area contributed by atoms with Crippen LogP contribution in [0.5, 0.6) is 0 Å². The van der Waals surface area contributed by atoms with Crippen molar-refractivity contribution in [3.05, 3.63) is 82.9 Å². The molecule has 0 fully saturated rings. The van der Waals surface area contributed by atoms with Crippen LogP contribution < -0.4 is 0 Å². The van der Waals surface area contributed by atoms with E-state index in [4.69, 9.17) is 4.99 Å². The van der Waals surface area contributed by atoms with Gasteiger partial charge < -0.3 is 0 Å². The molecule has 0 N–H and O–H groups in total. The molecule has 1 aliphatic rings. The van der Waals surface area contributed by atoms with Gasteiger partial charge in [0.05, 0.1) is 0 Å². The van der Waals surface area contributed by atoms with Crippen LogP contribution in [-0.4, -0.2) is 12.3 Å². The summed E-state index contributed by atoms with van der Waals surface area (Å²) < 4.78 is 0. The second kappa shape index (κ2) is 7.23. The normalized spacial score (nSPS) is 14.5. The highest BCUT2D eigenvalue weighted by Gasteiger charge is 2.14. The summed E-state index contributed by atoms with van der Waals surface area (Å²) in [6.07, 6.45) is 5.79. The fraction of sp³-hybridized carbons (Fsp3) is 0.292. The van der Waals surface area contributed by atoms with Gasteiger partial charge >= 0.3 is 0 Å². The van der Waals surface area contributed by atoms with Gasteiger partial charge in [0.1, 0.15) is 0 Å². The first-order chi connectivity index (χ1) is 12.3. The van der Waals surface area contributed by atoms with Gasteiger partial charge in [0.25, 0.3) is 0 Å². The number of hydrogen-bond acceptors (Lipinski definition) is 1. The highest BCUT2D eigenvalue weighted by molar-refractivity contribution is 6.02. The zero-order valence-electron chi connectivity index (χ0n) is 15.0. The lowest BCUT2D eigenvalue weighted by Crippen LogP contribution is -2.12. The summed E-state index contributed by atoms with van der Waals surface area (Å²) >= 11 is 0. The average Bonchev–Trinajstić information content (AvgIpc) is 2.67. The summed E-state index contributed by atoms with van der Waals surface area (Å²) in [4.78, 5) is 4.82. The predicted molar refractivity (Wildman–Crippen MR) is 108 cm³/mol. The average molecular weight is 327 g/mol. The van der Waals surface area contributed by atoms with E-state index in [2.05, 4.69) is 67.6 Å². The van der Waals surface area contributed by atoms with Crippen molar-refractivity contribution in [2.45, 2.75) is 39.0 Å². The second-order valence-electron chi connectivity index (χ2n) is 7.02. The van der Waals surface area contributed by atoms with Gasteiger partial charge in [-0.15, -0.1) is 0 Å². The van der Waals surface area contributed by atoms with Gasteiger partial charge in [-0.1, -0.05) is 60.7 Å². The minimum absolute atomic E-state index is 0.992. The van der Waals surface area contributed by atoms with Crippen LogP contribution in [0, 0.1) is 6.92 Å². The van der Waals surface area contributed by atoms with E-state index < -0.39 is 0 Å². The number of aryl methyl sites for hydroxylation is 2. The van der Waals surface area contributed by atoms with E-state index >= 15 is 0 Å². The Morgan fingerprint density at radius 1 is 0.840 bits per heavy atom. The van der Waals surface area contributed by atoms with Crippen molar-refractivity contribution in [3.8, 4) is 0 Å². The Bertz CT molecular complexity index is 915. The second-order valence-corrected chi connectivity index (χ2v) is 7.02. The lowest BCUT2D eigenvalue weighted by molar-refractivity contribution is 0.737. The van der Waals surface area contributed by atoms with E-state index in [-0.39, 0.29) is 0 Å². The Morgan fingerprint density at radius 3 is 2.56 bits per heavy atom. The molecule has 0 spiro atoms. The molecular weight excluding hydrogens is 302 g/mol. The van der Waals surface area contributed by atoms with E-state index in [9.17, 15) is 0 Å². The number of benzene rings is 3. The van der Waals surface area contributed by atoms with Crippen molar-refractivity contribution >= 4 is 16.5 Å². The summed E-state index contributed by atoms with van der Waals surface area (Å²) in [5.41, 5.74) is 7.03. The van der Waals surface area contributed by atoms with Gasteiger partial charge in [0.15, 0.2) is 0 Å². The molecule has 0 aliphatic carbocycles. The monoisotopic (exact) mass is 327 g/mol. The molecule has 1 aliphatic heterocycles. The lowest BCUT2D eigenvalue weighted by atomic mass is 9.90. The summed E-state index contributed by atoms with van der Waals surface area (Å²) in [5.74, 6) is 0. The zero-order chi connectivity index (χ0) is 17.1. The standard InChI is InChI=1S/C24H25N/c1-18-8-6-13-23(24-14-4-5-17-25-24)21(18)16-15-20-11-7-10-19-9-2-3-12-22(19)20/h2-3,6-13H,4-5,14-17H2,1H3. The summed E-state index contributed by atoms with van der Waals surface area (Å²) in [6.45, 7) is 3.23. The van der Waals surface area contributed by atoms with E-state index in [1.54, 1.807) is 0 Å². The van der Waals surface area contributed by atoms with Crippen LogP contribution in [0.2, 0.25) is 0 Å². The number of aliphatic imine (C=N–C) groups is 1. The van der Waals surface area contributed by atoms with Crippen LogP contribution in [0.1, 0.15) is 41.5 Å². The summed E-state index contributed by atoms with van der Waals surface area (Å²) in [6, 6.07) is 22.1. The summed E-state index contributed by atoms with van der Waals surface area (Å²) in [7, 11) is 0. The first kappa shape index (κ1) is 16.1. The van der Waals surface area contributed by atoms with E-state index in [1.165, 1.54) is 51.6 Å². The molecule has 25 heavy (non-hydrogen) atoms. The molecule has 0 amide bonds. The fourth-order valence-electron chi connectivity index (χ4n) is 3.99. The van der Waals surface area contributed by atoms with Gasteiger partial charge in [-0.05, 0) is 72.1 Å². The quantitative estimate of drug-likeness (QED) is 0.565. The SMILES string of the molecule is Cc1cccc(C2=NCCCC2)c1CCc1cccc2ccccc12. The Hall–Kier alpha value is -2.41. The van der Waals surface area contributed by atoms with E-state index in [0.717, 1.165) is 25.8 Å². The third-order valence-electron chi connectivity index (χ3n) is 5.37. The molecule has 0 radical (unpaired) electrons. The molecule has 4 rings (SSSR count). The molecule has 3 aromatic carbocycles. The smallest absolute Gasteiger partial charge is 0.0423 e. The zero-order valence-corrected chi connectivity index (χ0v) is 15.0. The summed E-state index contributed by atoms with van der Waals surface area (Å²) in [5, 5.41) is 2.72. The number of hydrogen-bond donors (Lipinski definition) is 0. The molecule has 126 valence electrons. The molecule has 0 atom stereocenters. The minimum Gasteiger partial charge on any atom is -0.289 e. The third kappa shape index (κ3) is 3.37. The Labute approximate surface area is 150 Å². The Balaban J connectivity index is 1.66. The molecule has 0 saturated carbocycles. The van der Waals surface area contributed by atoms with Crippen LogP contribution in [-0.2, 0) is 12.8 Å². The Kier molecular flexibility index (Phi) is 4.65. The van der Waals surface area contributed by atoms with Gasteiger partial charge in [-0.25, -0.2) is 0 Å². The van der Waals surface area contributed by atoms with Gasteiger partial charge in [-0.3, -0.25) is 4.99 Å². The number of nitrogens with zero attached hydrogens (tertiary/aromatic N) is 1. The fourth-order valence-corrected chi connectivity index (χ4v) is 3.99. The van der Waals surface area contributed by atoms with Gasteiger partial charge in [-0.2, -0.15) is 0 Å². The van der Waals surface area contributed by atoms with Crippen LogP contribution >= 0.6 is 0 Å². The van der Waals surface area contributed by atoms with Crippen molar-refractivity contribution in [1.82, 2.24) is 0 Å². The molecule has 0 unspecified atom stereocenters. The molecular formula is C24H25N. The van der Waals surface area contributed by atoms with Gasteiger partial charge in [0.2, 0.25) is 0 Å². The van der Waals surface area contributed by atoms with E-state index in [0.29, 0.717) is 0 Å². The van der Waals surface area contributed by atoms with Crippen molar-refractivity contribution < 1.29 is 0 Å².